The van der Waals surface area contributed by atoms with Crippen LogP contribution in [0.5, 0.6) is 5.75 Å². The lowest BCUT2D eigenvalue weighted by Crippen LogP contribution is -2.51. The van der Waals surface area contributed by atoms with Gasteiger partial charge in [0.05, 0.1) is 41.2 Å². The molecule has 1 aromatic carbocycles. The highest BCUT2D eigenvalue weighted by molar-refractivity contribution is 7.89. The van der Waals surface area contributed by atoms with Crippen LogP contribution in [0.1, 0.15) is 127 Å². The number of thiophene rings is 1. The summed E-state index contributed by atoms with van der Waals surface area (Å²) in [6.07, 6.45) is 10.8. The molecule has 12 heteroatoms. The summed E-state index contributed by atoms with van der Waals surface area (Å²) in [5.74, 6) is 7.01. The first kappa shape index (κ1) is 45.5. The predicted molar refractivity (Wildman–Crippen MR) is 230 cm³/mol. The lowest BCUT2D eigenvalue weighted by Gasteiger charge is -2.36. The highest BCUT2D eigenvalue weighted by Gasteiger charge is 2.52. The van der Waals surface area contributed by atoms with Crippen LogP contribution < -0.4 is 4.74 Å². The first-order valence-corrected chi connectivity index (χ1v) is 23.0. The van der Waals surface area contributed by atoms with Crippen molar-refractivity contribution in [1.82, 2.24) is 9.21 Å². The second kappa shape index (κ2) is 18.3. The first-order valence-electron chi connectivity index (χ1n) is 20.7. The van der Waals surface area contributed by atoms with Gasteiger partial charge in [0.2, 0.25) is 10.0 Å². The van der Waals surface area contributed by atoms with Crippen LogP contribution in [0.4, 0.5) is 4.79 Å². The second-order valence-electron chi connectivity index (χ2n) is 18.5. The fraction of sp³-hybridized carbons (Fsp3) is 0.609. The number of hydrogen-bond acceptors (Lipinski definition) is 9. The monoisotopic (exact) mass is 836 g/mol. The van der Waals surface area contributed by atoms with Crippen LogP contribution in [-0.2, 0) is 37.1 Å². The number of benzene rings is 1. The molecule has 3 atom stereocenters. The summed E-state index contributed by atoms with van der Waals surface area (Å²) in [5.41, 5.74) is 0.867. The van der Waals surface area contributed by atoms with Gasteiger partial charge < -0.3 is 18.9 Å². The lowest BCUT2D eigenvalue weighted by molar-refractivity contribution is -0.0807. The Morgan fingerprint density at radius 2 is 1.81 bits per heavy atom. The summed E-state index contributed by atoms with van der Waals surface area (Å²) in [4.78, 5) is 31.2. The minimum absolute atomic E-state index is 0.0117. The second-order valence-corrected chi connectivity index (χ2v) is 21.5. The number of amides is 1. The molecule has 0 N–H and O–H groups in total. The normalized spacial score (nSPS) is 21.3. The maximum atomic E-state index is 14.2. The van der Waals surface area contributed by atoms with Crippen molar-refractivity contribution in [3.63, 3.8) is 0 Å². The predicted octanol–water partition coefficient (Wildman–Crippen LogP) is 9.56. The van der Waals surface area contributed by atoms with Gasteiger partial charge in [-0.05, 0) is 126 Å². The van der Waals surface area contributed by atoms with E-state index in [1.165, 1.54) is 16.3 Å². The van der Waals surface area contributed by atoms with E-state index in [4.69, 9.17) is 18.9 Å². The number of nitrogens with zero attached hydrogens (tertiary/aromatic N) is 2. The van der Waals surface area contributed by atoms with E-state index in [1.807, 2.05) is 54.5 Å². The molecule has 0 bridgehead atoms. The molecule has 1 aliphatic heterocycles. The molecule has 2 heterocycles. The van der Waals surface area contributed by atoms with Gasteiger partial charge in [-0.15, -0.1) is 11.3 Å². The third-order valence-electron chi connectivity index (χ3n) is 10.8. The third kappa shape index (κ3) is 11.1. The third-order valence-corrected chi connectivity index (χ3v) is 13.8. The number of methoxy groups -OCH3 is 1. The van der Waals surface area contributed by atoms with Crippen LogP contribution in [0, 0.1) is 29.1 Å². The van der Waals surface area contributed by atoms with Crippen LogP contribution in [-0.4, -0.2) is 80.0 Å². The van der Waals surface area contributed by atoms with Crippen LogP contribution in [0.2, 0.25) is 0 Å². The van der Waals surface area contributed by atoms with Crippen molar-refractivity contribution in [3.8, 4) is 17.6 Å². The number of unbranched alkanes of at least 4 members (excludes halogenated alkanes) is 1. The molecule has 58 heavy (non-hydrogen) atoms. The molecular formula is C46H64N2O8S2. The highest BCUT2D eigenvalue weighted by Crippen LogP contribution is 2.42. The zero-order valence-corrected chi connectivity index (χ0v) is 38.0. The maximum absolute atomic E-state index is 14.2. The van der Waals surface area contributed by atoms with E-state index in [-0.39, 0.29) is 41.2 Å². The maximum Gasteiger partial charge on any atom is 0.412 e. The Kier molecular flexibility index (Phi) is 14.4. The molecule has 5 rings (SSSR count). The number of aryl methyl sites for hydroxylation is 1. The standard InChI is InChI=1S/C46H64N2O8S2/c1-12-13-26-54-42(49)41-36-28-45(7,8)25-24-39(36)57-40(41)23-18-32-14-16-33(17-15-32)27-37-38(55-46(9,10)48(37)43(50)56-44(4,5)6)30-47(29-31(2)3)58(51,52)35-21-19-34(53-11)20-22-35/h14-16,19-22,31,33,37-38H,12-13,17,24-30H2,1-11H3/t33?,37-,38+/m0/s1. The van der Waals surface area contributed by atoms with E-state index in [1.54, 1.807) is 40.5 Å². The first-order chi connectivity index (χ1) is 27.1. The van der Waals surface area contributed by atoms with Gasteiger partial charge in [-0.25, -0.2) is 18.0 Å². The van der Waals surface area contributed by atoms with Crippen LogP contribution in [0.25, 0.3) is 0 Å². The summed E-state index contributed by atoms with van der Waals surface area (Å²) >= 11 is 1.62. The van der Waals surface area contributed by atoms with Crippen LogP contribution >= 0.6 is 11.3 Å². The smallest absolute Gasteiger partial charge is 0.412 e. The van der Waals surface area contributed by atoms with Crippen molar-refractivity contribution in [2.24, 2.45) is 17.3 Å². The van der Waals surface area contributed by atoms with Gasteiger partial charge in [-0.2, -0.15) is 4.31 Å². The Morgan fingerprint density at radius 1 is 1.10 bits per heavy atom. The minimum Gasteiger partial charge on any atom is -0.497 e. The molecule has 1 saturated heterocycles. The van der Waals surface area contributed by atoms with Gasteiger partial charge in [-0.1, -0.05) is 65.2 Å². The highest BCUT2D eigenvalue weighted by atomic mass is 32.2. The molecule has 0 saturated carbocycles. The summed E-state index contributed by atoms with van der Waals surface area (Å²) in [7, 11) is -2.39. The number of sulfonamides is 1. The molecule has 0 radical (unpaired) electrons. The molecular weight excluding hydrogens is 773 g/mol. The van der Waals surface area contributed by atoms with Gasteiger partial charge in [0.1, 0.15) is 17.1 Å². The zero-order valence-electron chi connectivity index (χ0n) is 36.4. The van der Waals surface area contributed by atoms with Crippen LogP contribution in [0.15, 0.2) is 53.0 Å². The Bertz CT molecular complexity index is 2030. The van der Waals surface area contributed by atoms with Crippen molar-refractivity contribution in [1.29, 1.82) is 0 Å². The van der Waals surface area contributed by atoms with Crippen molar-refractivity contribution in [2.45, 2.75) is 143 Å². The molecule has 10 nitrogen and oxygen atoms in total. The molecule has 0 spiro atoms. The molecule has 1 aromatic heterocycles. The number of hydrogen-bond donors (Lipinski definition) is 0. The van der Waals surface area contributed by atoms with E-state index in [2.05, 4.69) is 44.8 Å². The van der Waals surface area contributed by atoms with Gasteiger partial charge in [0.25, 0.3) is 0 Å². The average molecular weight is 837 g/mol. The topological polar surface area (TPSA) is 112 Å². The number of carbonyl (C=O) groups is 2. The Labute approximate surface area is 351 Å². The van der Waals surface area contributed by atoms with Crippen molar-refractivity contribution >= 4 is 33.4 Å². The molecule has 318 valence electrons. The van der Waals surface area contributed by atoms with Gasteiger partial charge in [0.15, 0.2) is 0 Å². The largest absolute Gasteiger partial charge is 0.497 e. The van der Waals surface area contributed by atoms with Crippen LogP contribution in [0.3, 0.4) is 0 Å². The molecule has 1 amide bonds. The summed E-state index contributed by atoms with van der Waals surface area (Å²) in [6, 6.07) is 5.89. The minimum atomic E-state index is -3.93. The molecule has 2 aromatic rings. The average Bonchev–Trinajstić information content (AvgIpc) is 3.61. The van der Waals surface area contributed by atoms with Crippen molar-refractivity contribution in [3.05, 3.63) is 68.9 Å². The quantitative estimate of drug-likeness (QED) is 0.112. The van der Waals surface area contributed by atoms with Crippen molar-refractivity contribution in [2.75, 3.05) is 26.8 Å². The van der Waals surface area contributed by atoms with Gasteiger partial charge in [-0.3, -0.25) is 4.90 Å². The van der Waals surface area contributed by atoms with E-state index in [0.29, 0.717) is 30.8 Å². The SMILES string of the molecule is CCCCOC(=O)c1c(C#CC2=CCC(C[C@H]3[C@@H](CN(CC(C)C)S(=O)(=O)c4ccc(OC)cc4)OC(C)(C)N3C(=O)OC(C)(C)C)C=C2)sc2c1CC(C)(C)CC2. The van der Waals surface area contributed by atoms with E-state index in [0.717, 1.165) is 48.1 Å². The molecule has 1 unspecified atom stereocenters. The number of fused-ring (bicyclic) bond motifs is 1. The molecule has 3 aliphatic rings. The van der Waals surface area contributed by atoms with E-state index >= 15 is 0 Å². The summed E-state index contributed by atoms with van der Waals surface area (Å²) in [6.45, 7) is 20.4. The Balaban J connectivity index is 1.41. The fourth-order valence-corrected chi connectivity index (χ4v) is 10.7. The molecule has 2 aliphatic carbocycles. The number of ether oxygens (including phenoxy) is 4. The molecule has 1 fully saturated rings. The van der Waals surface area contributed by atoms with Crippen molar-refractivity contribution < 1.29 is 37.0 Å². The fourth-order valence-electron chi connectivity index (χ4n) is 7.91. The number of allylic oxidation sites excluding steroid dienone is 4. The van der Waals surface area contributed by atoms with Gasteiger partial charge in [0, 0.05) is 23.5 Å². The summed E-state index contributed by atoms with van der Waals surface area (Å²) in [5, 5.41) is 0. The number of esters is 1. The Morgan fingerprint density at radius 3 is 2.41 bits per heavy atom. The van der Waals surface area contributed by atoms with E-state index in [9.17, 15) is 18.0 Å². The van der Waals surface area contributed by atoms with Gasteiger partial charge >= 0.3 is 12.1 Å². The Hall–Kier alpha value is -3.63. The summed E-state index contributed by atoms with van der Waals surface area (Å²) < 4.78 is 53.4. The zero-order chi connectivity index (χ0) is 42.6. The lowest BCUT2D eigenvalue weighted by atomic mass is 9.76. The number of carbonyl (C=O) groups excluding carboxylic acids is 2. The van der Waals surface area contributed by atoms with E-state index < -0.39 is 39.6 Å². The number of rotatable bonds is 13.